The van der Waals surface area contributed by atoms with Gasteiger partial charge in [0.05, 0.1) is 22.3 Å². The third kappa shape index (κ3) is 6.56. The maximum Gasteiger partial charge on any atom is 0.329 e. The fourth-order valence-corrected chi connectivity index (χ4v) is 7.03. The second-order valence-corrected chi connectivity index (χ2v) is 12.9. The van der Waals surface area contributed by atoms with Gasteiger partial charge in [0.1, 0.15) is 17.7 Å². The Hall–Kier alpha value is -3.44. The molecule has 4 rings (SSSR count). The fraction of sp³-hybridized carbons (Fsp3) is 0.448. The highest BCUT2D eigenvalue weighted by Crippen LogP contribution is 2.31. The first-order valence-corrected chi connectivity index (χ1v) is 15.7. The first-order chi connectivity index (χ1) is 19.5. The largest absolute Gasteiger partial charge is 0.464 e. The molecule has 2 unspecified atom stereocenters. The van der Waals surface area contributed by atoms with E-state index >= 15 is 0 Å². The number of nitrogen functional groups attached to an aromatic ring is 1. The molecule has 3 heterocycles. The van der Waals surface area contributed by atoms with Crippen molar-refractivity contribution in [1.29, 1.82) is 0 Å². The van der Waals surface area contributed by atoms with Crippen LogP contribution < -0.4 is 10.6 Å². The highest BCUT2D eigenvalue weighted by molar-refractivity contribution is 7.91. The smallest absolute Gasteiger partial charge is 0.329 e. The lowest BCUT2D eigenvalue weighted by atomic mass is 9.94. The van der Waals surface area contributed by atoms with Gasteiger partial charge in [0.25, 0.3) is 0 Å². The second kappa shape index (κ2) is 12.6. The number of nitrogens with zero attached hydrogens (tertiary/aromatic N) is 4. The summed E-state index contributed by atoms with van der Waals surface area (Å²) in [6.07, 6.45) is 4.48. The van der Waals surface area contributed by atoms with Crippen molar-refractivity contribution in [3.63, 3.8) is 0 Å². The lowest BCUT2D eigenvalue weighted by Crippen LogP contribution is -2.45. The van der Waals surface area contributed by atoms with Gasteiger partial charge in [-0.05, 0) is 60.9 Å². The zero-order valence-electron chi connectivity index (χ0n) is 23.8. The number of esters is 1. The number of aromatic nitrogens is 2. The van der Waals surface area contributed by atoms with Gasteiger partial charge in [0, 0.05) is 50.8 Å². The Morgan fingerprint density at radius 3 is 2.63 bits per heavy atom. The molecule has 0 spiro atoms. The first-order valence-electron chi connectivity index (χ1n) is 13.7. The van der Waals surface area contributed by atoms with Gasteiger partial charge in [-0.15, -0.1) is 0 Å². The number of sulfone groups is 1. The van der Waals surface area contributed by atoms with Gasteiger partial charge in [-0.1, -0.05) is 24.6 Å². The summed E-state index contributed by atoms with van der Waals surface area (Å²) in [6, 6.07) is 6.40. The Kier molecular flexibility index (Phi) is 9.38. The van der Waals surface area contributed by atoms with Crippen molar-refractivity contribution in [2.45, 2.75) is 50.5 Å². The van der Waals surface area contributed by atoms with Gasteiger partial charge in [-0.2, -0.15) is 0 Å². The van der Waals surface area contributed by atoms with Crippen molar-refractivity contribution in [1.82, 2.24) is 14.9 Å². The number of ether oxygens (including phenoxy) is 1. The standard InChI is InChI=1S/C29H36ClN5O5S/c1-5-18-14-23-20(7-10-32-26(23)31)13-21(18)15-25(29(37)40-6-2)35-11-8-19(28(35)36)9-12-41(38,39)22-16-24(30)27(33-17-22)34(3)4/h7,10,13-14,16-17,19,25H,5-6,8-9,11-12,15H2,1-4H3,(H2,31,32). The number of pyridine rings is 2. The van der Waals surface area contributed by atoms with Gasteiger partial charge in [0.15, 0.2) is 9.84 Å². The van der Waals surface area contributed by atoms with Crippen LogP contribution in [0.3, 0.4) is 0 Å². The van der Waals surface area contributed by atoms with E-state index in [4.69, 9.17) is 22.1 Å². The quantitative estimate of drug-likeness (QED) is 0.326. The minimum absolute atomic E-state index is 0.0130. The van der Waals surface area contributed by atoms with E-state index in [0.29, 0.717) is 31.0 Å². The monoisotopic (exact) mass is 601 g/mol. The van der Waals surface area contributed by atoms with Crippen LogP contribution in [0, 0.1) is 5.92 Å². The third-order valence-electron chi connectivity index (χ3n) is 7.51. The topological polar surface area (TPSA) is 136 Å². The molecule has 3 aromatic rings. The predicted molar refractivity (Wildman–Crippen MR) is 160 cm³/mol. The molecule has 12 heteroatoms. The molecular formula is C29H36ClN5O5S. The predicted octanol–water partition coefficient (Wildman–Crippen LogP) is 3.68. The fourth-order valence-electron chi connectivity index (χ4n) is 5.29. The van der Waals surface area contributed by atoms with Crippen LogP contribution in [0.15, 0.2) is 41.6 Å². The van der Waals surface area contributed by atoms with Crippen LogP contribution >= 0.6 is 11.6 Å². The third-order valence-corrected chi connectivity index (χ3v) is 9.50. The summed E-state index contributed by atoms with van der Waals surface area (Å²) < 4.78 is 31.5. The van der Waals surface area contributed by atoms with Gasteiger partial charge in [-0.3, -0.25) is 4.79 Å². The number of likely N-dealkylation sites (tertiary alicyclic amines) is 1. The van der Waals surface area contributed by atoms with Gasteiger partial charge in [0.2, 0.25) is 5.91 Å². The minimum atomic E-state index is -3.72. The van der Waals surface area contributed by atoms with E-state index in [9.17, 15) is 18.0 Å². The summed E-state index contributed by atoms with van der Waals surface area (Å²) in [5.41, 5.74) is 8.01. The number of aryl methyl sites for hydroxylation is 1. The van der Waals surface area contributed by atoms with Gasteiger partial charge in [-0.25, -0.2) is 23.2 Å². The van der Waals surface area contributed by atoms with E-state index < -0.39 is 27.8 Å². The van der Waals surface area contributed by atoms with Crippen molar-refractivity contribution in [3.05, 3.63) is 52.8 Å². The minimum Gasteiger partial charge on any atom is -0.464 e. The summed E-state index contributed by atoms with van der Waals surface area (Å²) in [6.45, 7) is 4.27. The molecule has 0 aliphatic carbocycles. The van der Waals surface area contributed by atoms with Gasteiger partial charge < -0.3 is 20.3 Å². The number of anilines is 2. The normalized spacial score (nSPS) is 16.3. The molecule has 1 aliphatic rings. The van der Waals surface area contributed by atoms with Crippen LogP contribution in [-0.4, -0.2) is 74.2 Å². The number of rotatable bonds is 11. The molecule has 1 aromatic carbocycles. The molecule has 1 saturated heterocycles. The molecule has 0 bridgehead atoms. The van der Waals surface area contributed by atoms with E-state index in [1.165, 1.54) is 12.3 Å². The molecule has 1 fully saturated rings. The molecular weight excluding hydrogens is 566 g/mol. The molecule has 1 aliphatic heterocycles. The van der Waals surface area contributed by atoms with Crippen LogP contribution in [0.5, 0.6) is 0 Å². The van der Waals surface area contributed by atoms with Crippen LogP contribution in [-0.2, 0) is 37.0 Å². The number of nitrogens with two attached hydrogens (primary N) is 1. The number of carbonyl (C=O) groups excluding carboxylic acids is 2. The van der Waals surface area contributed by atoms with Crippen LogP contribution in [0.4, 0.5) is 11.6 Å². The highest BCUT2D eigenvalue weighted by Gasteiger charge is 2.40. The first kappa shape index (κ1) is 30.5. The van der Waals surface area contributed by atoms with Crippen LogP contribution in [0.2, 0.25) is 5.02 Å². The number of hydrogen-bond acceptors (Lipinski definition) is 9. The molecule has 2 N–H and O–H groups in total. The van der Waals surface area contributed by atoms with E-state index in [-0.39, 0.29) is 41.0 Å². The number of fused-ring (bicyclic) bond motifs is 1. The summed E-state index contributed by atoms with van der Waals surface area (Å²) >= 11 is 6.24. The van der Waals surface area contributed by atoms with Crippen molar-refractivity contribution >= 4 is 55.7 Å². The second-order valence-electron chi connectivity index (χ2n) is 10.4. The summed E-state index contributed by atoms with van der Waals surface area (Å²) in [7, 11) is -0.196. The Labute approximate surface area is 245 Å². The van der Waals surface area contributed by atoms with Crippen molar-refractivity contribution in [2.24, 2.45) is 5.92 Å². The molecule has 1 amide bonds. The van der Waals surface area contributed by atoms with Gasteiger partial charge >= 0.3 is 5.97 Å². The molecule has 2 atom stereocenters. The van der Waals surface area contributed by atoms with E-state index in [1.807, 2.05) is 25.1 Å². The Morgan fingerprint density at radius 2 is 1.98 bits per heavy atom. The van der Waals surface area contributed by atoms with E-state index in [0.717, 1.165) is 21.9 Å². The lowest BCUT2D eigenvalue weighted by Gasteiger charge is -2.27. The summed E-state index contributed by atoms with van der Waals surface area (Å²) in [5.74, 6) is -0.586. The van der Waals surface area contributed by atoms with Crippen LogP contribution in [0.1, 0.15) is 37.8 Å². The maximum atomic E-state index is 13.5. The lowest BCUT2D eigenvalue weighted by molar-refractivity contribution is -0.153. The summed E-state index contributed by atoms with van der Waals surface area (Å²) in [4.78, 5) is 38.3. The highest BCUT2D eigenvalue weighted by atomic mass is 35.5. The van der Waals surface area contributed by atoms with E-state index in [2.05, 4.69) is 9.97 Å². The molecule has 41 heavy (non-hydrogen) atoms. The Morgan fingerprint density at radius 1 is 1.22 bits per heavy atom. The Balaban J connectivity index is 1.53. The number of amides is 1. The van der Waals surface area contributed by atoms with Crippen molar-refractivity contribution in [2.75, 3.05) is 43.6 Å². The molecule has 2 aromatic heterocycles. The number of benzene rings is 1. The molecule has 0 saturated carbocycles. The van der Waals surface area contributed by atoms with E-state index in [1.54, 1.807) is 37.0 Å². The zero-order chi connectivity index (χ0) is 29.9. The SMILES string of the molecule is CCOC(=O)C(Cc1cc2ccnc(N)c2cc1CC)N1CCC(CCS(=O)(=O)c2cnc(N(C)C)c(Cl)c2)C1=O. The number of hydrogen-bond donors (Lipinski definition) is 1. The number of halogens is 1. The van der Waals surface area contributed by atoms with Crippen LogP contribution in [0.25, 0.3) is 10.8 Å². The average molecular weight is 602 g/mol. The average Bonchev–Trinajstić information content (AvgIpc) is 3.29. The maximum absolute atomic E-state index is 13.5. The van der Waals surface area contributed by atoms with Crippen molar-refractivity contribution in [3.8, 4) is 0 Å². The summed E-state index contributed by atoms with van der Waals surface area (Å²) in [5, 5.41) is 1.97. The molecule has 220 valence electrons. The zero-order valence-corrected chi connectivity index (χ0v) is 25.3. The Bertz CT molecular complexity index is 1560. The number of carbonyl (C=O) groups is 2. The van der Waals surface area contributed by atoms with Crippen molar-refractivity contribution < 1.29 is 22.7 Å². The molecule has 0 radical (unpaired) electrons. The molecule has 10 nitrogen and oxygen atoms in total.